The molecule has 0 heterocycles. The van der Waals surface area contributed by atoms with Crippen LogP contribution < -0.4 is 5.32 Å². The van der Waals surface area contributed by atoms with Gasteiger partial charge in [-0.2, -0.15) is 11.8 Å². The zero-order valence-corrected chi connectivity index (χ0v) is 25.6. The molecule has 40 heavy (non-hydrogen) atoms. The molecule has 2 aromatic carbocycles. The Kier molecular flexibility index (Phi) is 12.5. The van der Waals surface area contributed by atoms with E-state index in [0.29, 0.717) is 36.9 Å². The van der Waals surface area contributed by atoms with Crippen LogP contribution >= 0.6 is 11.8 Å². The molecule has 3 rings (SSSR count). The van der Waals surface area contributed by atoms with E-state index in [-0.39, 0.29) is 17.6 Å². The summed E-state index contributed by atoms with van der Waals surface area (Å²) in [4.78, 5) is 25.2. The first-order valence-electron chi connectivity index (χ1n) is 14.5. The molecule has 220 valence electrons. The summed E-state index contributed by atoms with van der Waals surface area (Å²) in [5.41, 5.74) is 3.96. The first kappa shape index (κ1) is 32.2. The number of carboxylic acids is 1. The molecule has 0 aliphatic heterocycles. The van der Waals surface area contributed by atoms with Crippen LogP contribution in [-0.2, 0) is 20.9 Å². The summed E-state index contributed by atoms with van der Waals surface area (Å²) < 4.78 is 12.6. The molecular weight excluding hydrogens is 522 g/mol. The number of hydrogen-bond donors (Lipinski definition) is 2. The van der Waals surface area contributed by atoms with Gasteiger partial charge in [-0.05, 0) is 92.8 Å². The molecule has 2 atom stereocenters. The summed E-state index contributed by atoms with van der Waals surface area (Å²) in [5.74, 6) is -0.0809. The third kappa shape index (κ3) is 10.2. The standard InChI is InChI=1S/C33H47NO5S/c1-23-11-9-10-14-27(23)29-20-25(15-16-28(29)31(35)34-30(32(36)37)17-18-40-5)21-38-26(22-39-33(2,3)4)19-24-12-7-6-8-13-24/h9-11,14-16,20,24,26,30H,6-8,12-13,17-19,21-22H2,1-5H3,(H,34,35)(H,36,37)/t26-,30?/m0/s1. The topological polar surface area (TPSA) is 84.9 Å². The number of thioether (sulfide) groups is 1. The lowest BCUT2D eigenvalue weighted by atomic mass is 9.85. The fraction of sp³-hybridized carbons (Fsp3) is 0.576. The molecule has 1 saturated carbocycles. The van der Waals surface area contributed by atoms with Crippen molar-refractivity contribution in [3.63, 3.8) is 0 Å². The van der Waals surface area contributed by atoms with Gasteiger partial charge in [0.05, 0.1) is 24.9 Å². The second-order valence-corrected chi connectivity index (χ2v) is 12.9. The summed E-state index contributed by atoms with van der Waals surface area (Å²) in [7, 11) is 0. The van der Waals surface area contributed by atoms with E-state index >= 15 is 0 Å². The molecule has 2 N–H and O–H groups in total. The number of amides is 1. The van der Waals surface area contributed by atoms with Crippen molar-refractivity contribution in [2.45, 2.75) is 97.0 Å². The Hall–Kier alpha value is -2.35. The van der Waals surface area contributed by atoms with Crippen LogP contribution in [-0.4, -0.2) is 53.3 Å². The molecule has 1 fully saturated rings. The Morgan fingerprint density at radius 2 is 1.80 bits per heavy atom. The normalized spacial score (nSPS) is 15.9. The number of ether oxygens (including phenoxy) is 2. The molecule has 0 saturated heterocycles. The quantitative estimate of drug-likeness (QED) is 0.249. The van der Waals surface area contributed by atoms with E-state index in [4.69, 9.17) is 9.47 Å². The highest BCUT2D eigenvalue weighted by atomic mass is 32.2. The van der Waals surface area contributed by atoms with Crippen molar-refractivity contribution in [3.05, 3.63) is 59.2 Å². The third-order valence-corrected chi connectivity index (χ3v) is 8.13. The molecule has 0 spiro atoms. The van der Waals surface area contributed by atoms with Crippen molar-refractivity contribution in [2.75, 3.05) is 18.6 Å². The minimum Gasteiger partial charge on any atom is -0.480 e. The smallest absolute Gasteiger partial charge is 0.326 e. The van der Waals surface area contributed by atoms with E-state index in [0.717, 1.165) is 28.7 Å². The number of carbonyl (C=O) groups excluding carboxylic acids is 1. The lowest BCUT2D eigenvalue weighted by Gasteiger charge is -2.29. The Labute approximate surface area is 244 Å². The van der Waals surface area contributed by atoms with Crippen LogP contribution in [0.3, 0.4) is 0 Å². The molecule has 0 radical (unpaired) electrons. The molecule has 1 unspecified atom stereocenters. The van der Waals surface area contributed by atoms with Crippen LogP contribution in [0.2, 0.25) is 0 Å². The van der Waals surface area contributed by atoms with Crippen molar-refractivity contribution < 1.29 is 24.2 Å². The van der Waals surface area contributed by atoms with Gasteiger partial charge in [0, 0.05) is 5.56 Å². The van der Waals surface area contributed by atoms with Crippen molar-refractivity contribution >= 4 is 23.6 Å². The minimum absolute atomic E-state index is 0.0000261. The summed E-state index contributed by atoms with van der Waals surface area (Å²) in [6, 6.07) is 12.7. The second kappa shape index (κ2) is 15.6. The van der Waals surface area contributed by atoms with Gasteiger partial charge in [0.1, 0.15) is 6.04 Å². The summed E-state index contributed by atoms with van der Waals surface area (Å²) in [5, 5.41) is 12.4. The van der Waals surface area contributed by atoms with Gasteiger partial charge in [0.2, 0.25) is 0 Å². The highest BCUT2D eigenvalue weighted by Crippen LogP contribution is 2.31. The molecule has 1 aliphatic rings. The number of carbonyl (C=O) groups is 2. The summed E-state index contributed by atoms with van der Waals surface area (Å²) in [6.45, 7) is 9.19. The van der Waals surface area contributed by atoms with E-state index in [1.807, 2.05) is 49.6 Å². The minimum atomic E-state index is -1.02. The fourth-order valence-electron chi connectivity index (χ4n) is 5.24. The Morgan fingerprint density at radius 3 is 2.45 bits per heavy atom. The number of benzene rings is 2. The maximum absolute atomic E-state index is 13.4. The monoisotopic (exact) mass is 569 g/mol. The van der Waals surface area contributed by atoms with Gasteiger partial charge in [0.25, 0.3) is 5.91 Å². The number of hydrogen-bond acceptors (Lipinski definition) is 5. The fourth-order valence-corrected chi connectivity index (χ4v) is 5.71. The van der Waals surface area contributed by atoms with E-state index < -0.39 is 12.0 Å². The predicted octanol–water partition coefficient (Wildman–Crippen LogP) is 7.27. The van der Waals surface area contributed by atoms with E-state index in [2.05, 4.69) is 26.1 Å². The number of rotatable bonds is 14. The van der Waals surface area contributed by atoms with E-state index in [1.165, 1.54) is 32.1 Å². The van der Waals surface area contributed by atoms with Gasteiger partial charge in [-0.25, -0.2) is 4.79 Å². The first-order chi connectivity index (χ1) is 19.1. The van der Waals surface area contributed by atoms with Crippen LogP contribution in [0.25, 0.3) is 11.1 Å². The van der Waals surface area contributed by atoms with E-state index in [1.54, 1.807) is 17.8 Å². The molecule has 1 aliphatic carbocycles. The summed E-state index contributed by atoms with van der Waals surface area (Å²) in [6.07, 6.45) is 9.71. The van der Waals surface area contributed by atoms with Crippen LogP contribution in [0.4, 0.5) is 0 Å². The molecule has 2 aromatic rings. The number of aliphatic carboxylic acids is 1. The van der Waals surface area contributed by atoms with Crippen LogP contribution in [0.15, 0.2) is 42.5 Å². The van der Waals surface area contributed by atoms with Crippen molar-refractivity contribution in [1.82, 2.24) is 5.32 Å². The SMILES string of the molecule is CSCCC(NC(=O)c1ccc(CO[C@H](COC(C)(C)C)CC2CCCCC2)cc1-c1ccccc1C)C(=O)O. The Bertz CT molecular complexity index is 1110. The molecule has 0 bridgehead atoms. The zero-order chi connectivity index (χ0) is 29.1. The zero-order valence-electron chi connectivity index (χ0n) is 24.8. The highest BCUT2D eigenvalue weighted by Gasteiger charge is 2.24. The average molecular weight is 570 g/mol. The van der Waals surface area contributed by atoms with Gasteiger partial charge >= 0.3 is 5.97 Å². The first-order valence-corrected chi connectivity index (χ1v) is 15.9. The maximum Gasteiger partial charge on any atom is 0.326 e. The molecule has 7 heteroatoms. The number of carboxylic acid groups (broad SMARTS) is 1. The Balaban J connectivity index is 1.83. The largest absolute Gasteiger partial charge is 0.480 e. The highest BCUT2D eigenvalue weighted by molar-refractivity contribution is 7.98. The predicted molar refractivity (Wildman–Crippen MR) is 164 cm³/mol. The molecule has 1 amide bonds. The second-order valence-electron chi connectivity index (χ2n) is 11.9. The van der Waals surface area contributed by atoms with Crippen LogP contribution in [0.5, 0.6) is 0 Å². The molecule has 6 nitrogen and oxygen atoms in total. The van der Waals surface area contributed by atoms with Gasteiger partial charge < -0.3 is 19.9 Å². The van der Waals surface area contributed by atoms with Crippen molar-refractivity contribution in [2.24, 2.45) is 5.92 Å². The Morgan fingerprint density at radius 1 is 1.07 bits per heavy atom. The van der Waals surface area contributed by atoms with Gasteiger partial charge in [-0.3, -0.25) is 4.79 Å². The van der Waals surface area contributed by atoms with Crippen molar-refractivity contribution in [3.8, 4) is 11.1 Å². The average Bonchev–Trinajstić information content (AvgIpc) is 2.92. The number of nitrogens with one attached hydrogen (secondary N) is 1. The van der Waals surface area contributed by atoms with E-state index in [9.17, 15) is 14.7 Å². The molecule has 0 aromatic heterocycles. The van der Waals surface area contributed by atoms with Gasteiger partial charge in [-0.1, -0.05) is 62.4 Å². The summed E-state index contributed by atoms with van der Waals surface area (Å²) >= 11 is 1.56. The third-order valence-electron chi connectivity index (χ3n) is 7.49. The molecular formula is C33H47NO5S. The van der Waals surface area contributed by atoms with Crippen molar-refractivity contribution in [1.29, 1.82) is 0 Å². The van der Waals surface area contributed by atoms with Gasteiger partial charge in [-0.15, -0.1) is 0 Å². The van der Waals surface area contributed by atoms with Crippen LogP contribution in [0, 0.1) is 12.8 Å². The lowest BCUT2D eigenvalue weighted by Crippen LogP contribution is -2.41. The van der Waals surface area contributed by atoms with Crippen LogP contribution in [0.1, 0.15) is 87.2 Å². The van der Waals surface area contributed by atoms with Gasteiger partial charge in [0.15, 0.2) is 0 Å². The lowest BCUT2D eigenvalue weighted by molar-refractivity contribution is -0.139. The number of aryl methyl sites for hydroxylation is 1. The maximum atomic E-state index is 13.4.